The fourth-order valence-corrected chi connectivity index (χ4v) is 1.25. The summed E-state index contributed by atoms with van der Waals surface area (Å²) in [6.45, 7) is 6.89. The van der Waals surface area contributed by atoms with Gasteiger partial charge in [-0.3, -0.25) is 0 Å². The number of carbonyl (C=O) groups is 2. The zero-order chi connectivity index (χ0) is 12.1. The molecule has 1 aromatic carbocycles. The van der Waals surface area contributed by atoms with Crippen LogP contribution in [-0.2, 0) is 14.6 Å². The molecule has 0 fully saturated rings. The van der Waals surface area contributed by atoms with E-state index in [1.165, 1.54) is 0 Å². The Bertz CT molecular complexity index is 414. The van der Waals surface area contributed by atoms with Gasteiger partial charge in [0.05, 0.1) is 5.56 Å². The minimum Gasteiger partial charge on any atom is -0.242 e. The fourth-order valence-electron chi connectivity index (χ4n) is 1.25. The molecule has 0 aliphatic carbocycles. The summed E-state index contributed by atoms with van der Waals surface area (Å²) in [6.07, 6.45) is 0.911. The van der Waals surface area contributed by atoms with E-state index in [4.69, 9.17) is 0 Å². The van der Waals surface area contributed by atoms with E-state index in [9.17, 15) is 9.59 Å². The van der Waals surface area contributed by atoms with E-state index in [2.05, 4.69) is 16.4 Å². The van der Waals surface area contributed by atoms with Crippen LogP contribution in [0.2, 0.25) is 0 Å². The molecule has 0 aliphatic heterocycles. The third kappa shape index (κ3) is 3.24. The topological polar surface area (TPSA) is 52.6 Å². The molecule has 0 atom stereocenters. The van der Waals surface area contributed by atoms with Crippen molar-refractivity contribution in [3.8, 4) is 0 Å². The smallest absolute Gasteiger partial charge is 0.242 e. The van der Waals surface area contributed by atoms with Gasteiger partial charge in [0.1, 0.15) is 0 Å². The summed E-state index contributed by atoms with van der Waals surface area (Å²) in [6, 6.07) is 5.22. The lowest BCUT2D eigenvalue weighted by atomic mass is 10.1. The van der Waals surface area contributed by atoms with Crippen LogP contribution in [0.15, 0.2) is 30.9 Å². The van der Waals surface area contributed by atoms with E-state index in [0.717, 1.165) is 17.2 Å². The van der Waals surface area contributed by atoms with Crippen LogP contribution in [-0.4, -0.2) is 11.9 Å². The average Bonchev–Trinajstić information content (AvgIpc) is 2.23. The number of rotatable bonds is 2. The lowest BCUT2D eigenvalue weighted by Gasteiger charge is -2.03. The molecule has 0 radical (unpaired) electrons. The molecule has 0 aromatic heterocycles. The van der Waals surface area contributed by atoms with Gasteiger partial charge in [-0.25, -0.2) is 19.4 Å². The third-order valence-corrected chi connectivity index (χ3v) is 1.82. The van der Waals surface area contributed by atoms with Gasteiger partial charge in [0.15, 0.2) is 0 Å². The van der Waals surface area contributed by atoms with Crippen molar-refractivity contribution in [2.45, 2.75) is 13.8 Å². The van der Waals surface area contributed by atoms with E-state index in [1.54, 1.807) is 12.1 Å². The quantitative estimate of drug-likeness (QED) is 0.435. The zero-order valence-corrected chi connectivity index (χ0v) is 9.15. The zero-order valence-electron chi connectivity index (χ0n) is 9.15. The molecule has 84 valence electrons. The van der Waals surface area contributed by atoms with Crippen LogP contribution in [0, 0.1) is 13.8 Å². The molecule has 0 saturated carbocycles. The van der Waals surface area contributed by atoms with Gasteiger partial charge in [-0.1, -0.05) is 23.8 Å². The molecule has 16 heavy (non-hydrogen) atoms. The van der Waals surface area contributed by atoms with Gasteiger partial charge in [-0.15, -0.1) is 0 Å². The summed E-state index contributed by atoms with van der Waals surface area (Å²) < 4.78 is 0. The summed E-state index contributed by atoms with van der Waals surface area (Å²) in [5, 5.41) is 0. The van der Waals surface area contributed by atoms with Crippen molar-refractivity contribution >= 4 is 11.9 Å². The minimum atomic E-state index is -0.808. The van der Waals surface area contributed by atoms with Gasteiger partial charge >= 0.3 is 11.9 Å². The van der Waals surface area contributed by atoms with Crippen LogP contribution >= 0.6 is 0 Å². The van der Waals surface area contributed by atoms with Crippen molar-refractivity contribution in [3.05, 3.63) is 47.5 Å². The maximum atomic E-state index is 11.4. The second-order valence-electron chi connectivity index (χ2n) is 3.35. The summed E-state index contributed by atoms with van der Waals surface area (Å²) >= 11 is 0. The normalized spacial score (nSPS) is 9.38. The largest absolute Gasteiger partial charge is 0.386 e. The van der Waals surface area contributed by atoms with Crippen molar-refractivity contribution in [2.75, 3.05) is 0 Å². The predicted octanol–water partition coefficient (Wildman–Crippen LogP) is 2.10. The van der Waals surface area contributed by atoms with Gasteiger partial charge in [0.25, 0.3) is 0 Å². The van der Waals surface area contributed by atoms with Crippen LogP contribution < -0.4 is 0 Å². The number of hydrogen-bond donors (Lipinski definition) is 0. The molecule has 0 bridgehead atoms. The highest BCUT2D eigenvalue weighted by Crippen LogP contribution is 2.10. The highest BCUT2D eigenvalue weighted by atomic mass is 17.2. The Morgan fingerprint density at radius 3 is 2.19 bits per heavy atom. The van der Waals surface area contributed by atoms with E-state index < -0.39 is 11.9 Å². The average molecular weight is 220 g/mol. The first-order chi connectivity index (χ1) is 7.52. The van der Waals surface area contributed by atoms with Gasteiger partial charge in [0.2, 0.25) is 0 Å². The number of hydrogen-bond acceptors (Lipinski definition) is 4. The Morgan fingerprint density at radius 1 is 1.12 bits per heavy atom. The SMILES string of the molecule is C=CC(=O)OOC(=O)c1cc(C)cc(C)c1. The van der Waals surface area contributed by atoms with Crippen LogP contribution in [0.3, 0.4) is 0 Å². The van der Waals surface area contributed by atoms with Crippen molar-refractivity contribution < 1.29 is 19.4 Å². The molecular weight excluding hydrogens is 208 g/mol. The monoisotopic (exact) mass is 220 g/mol. The lowest BCUT2D eigenvalue weighted by molar-refractivity contribution is -0.228. The maximum Gasteiger partial charge on any atom is 0.386 e. The van der Waals surface area contributed by atoms with Crippen molar-refractivity contribution in [2.24, 2.45) is 0 Å². The van der Waals surface area contributed by atoms with Gasteiger partial charge in [-0.2, -0.15) is 0 Å². The molecule has 0 spiro atoms. The van der Waals surface area contributed by atoms with E-state index >= 15 is 0 Å². The Morgan fingerprint density at radius 2 is 1.69 bits per heavy atom. The highest BCUT2D eigenvalue weighted by Gasteiger charge is 2.11. The molecule has 0 saturated heterocycles. The van der Waals surface area contributed by atoms with Crippen LogP contribution in [0.1, 0.15) is 21.5 Å². The Kier molecular flexibility index (Phi) is 3.83. The Hall–Kier alpha value is -2.10. The first-order valence-electron chi connectivity index (χ1n) is 4.66. The predicted molar refractivity (Wildman–Crippen MR) is 57.6 cm³/mol. The highest BCUT2D eigenvalue weighted by molar-refractivity contribution is 5.90. The van der Waals surface area contributed by atoms with E-state index in [1.807, 2.05) is 19.9 Å². The second kappa shape index (κ2) is 5.11. The van der Waals surface area contributed by atoms with Gasteiger partial charge in [-0.05, 0) is 26.0 Å². The Labute approximate surface area is 93.4 Å². The van der Waals surface area contributed by atoms with Crippen LogP contribution in [0.5, 0.6) is 0 Å². The molecule has 0 heterocycles. The van der Waals surface area contributed by atoms with E-state index in [-0.39, 0.29) is 0 Å². The van der Waals surface area contributed by atoms with Crippen LogP contribution in [0.25, 0.3) is 0 Å². The first-order valence-corrected chi connectivity index (χ1v) is 4.66. The summed E-state index contributed by atoms with van der Waals surface area (Å²) in [7, 11) is 0. The second-order valence-corrected chi connectivity index (χ2v) is 3.35. The summed E-state index contributed by atoms with van der Waals surface area (Å²) in [5.74, 6) is -1.51. The molecule has 0 unspecified atom stereocenters. The molecule has 4 heteroatoms. The summed E-state index contributed by atoms with van der Waals surface area (Å²) in [4.78, 5) is 30.6. The van der Waals surface area contributed by atoms with Gasteiger partial charge < -0.3 is 0 Å². The third-order valence-electron chi connectivity index (χ3n) is 1.82. The minimum absolute atomic E-state index is 0.342. The first kappa shape index (κ1) is 12.0. The molecule has 0 aliphatic rings. The molecule has 0 N–H and O–H groups in total. The number of carbonyl (C=O) groups excluding carboxylic acids is 2. The van der Waals surface area contributed by atoms with Crippen molar-refractivity contribution in [1.29, 1.82) is 0 Å². The lowest BCUT2D eigenvalue weighted by Crippen LogP contribution is -2.10. The maximum absolute atomic E-state index is 11.4. The van der Waals surface area contributed by atoms with Gasteiger partial charge in [0, 0.05) is 6.08 Å². The molecule has 1 rings (SSSR count). The standard InChI is InChI=1S/C12H12O4/c1-4-11(13)15-16-12(14)10-6-8(2)5-9(3)7-10/h4-7H,1H2,2-3H3. The van der Waals surface area contributed by atoms with Crippen molar-refractivity contribution in [1.82, 2.24) is 0 Å². The Balaban J connectivity index is 2.73. The van der Waals surface area contributed by atoms with E-state index in [0.29, 0.717) is 5.56 Å². The molecule has 4 nitrogen and oxygen atoms in total. The molecule has 0 amide bonds. The fraction of sp³-hybridized carbons (Fsp3) is 0.167. The van der Waals surface area contributed by atoms with Crippen molar-refractivity contribution in [3.63, 3.8) is 0 Å². The number of aryl methyl sites for hydroxylation is 2. The molecular formula is C12H12O4. The van der Waals surface area contributed by atoms with Crippen LogP contribution in [0.4, 0.5) is 0 Å². The molecule has 1 aromatic rings. The summed E-state index contributed by atoms with van der Waals surface area (Å²) in [5.41, 5.74) is 2.21. The number of benzene rings is 1.